The summed E-state index contributed by atoms with van der Waals surface area (Å²) in [5.41, 5.74) is 1.02. The van der Waals surface area contributed by atoms with E-state index in [1.54, 1.807) is 12.1 Å². The Balaban J connectivity index is 1.81. The maximum atomic E-state index is 14.0. The number of halogens is 1. The van der Waals surface area contributed by atoms with Gasteiger partial charge in [-0.1, -0.05) is 0 Å². The van der Waals surface area contributed by atoms with E-state index < -0.39 is 0 Å². The van der Waals surface area contributed by atoms with Crippen LogP contribution in [0.5, 0.6) is 0 Å². The second-order valence-electron chi connectivity index (χ2n) is 5.06. The minimum Gasteiger partial charge on any atom is -0.366 e. The summed E-state index contributed by atoms with van der Waals surface area (Å²) in [6.07, 6.45) is 2.47. The zero-order chi connectivity index (χ0) is 12.5. The minimum atomic E-state index is -0.277. The molecule has 0 aromatic heterocycles. The van der Waals surface area contributed by atoms with Gasteiger partial charge < -0.3 is 4.90 Å². The number of nitriles is 1. The third kappa shape index (κ3) is 1.95. The molecule has 18 heavy (non-hydrogen) atoms. The summed E-state index contributed by atoms with van der Waals surface area (Å²) < 4.78 is 14.0. The van der Waals surface area contributed by atoms with Crippen LogP contribution in [0.2, 0.25) is 0 Å². The third-order valence-corrected chi connectivity index (χ3v) is 4.00. The SMILES string of the molecule is N#Cc1ccc(N2CCN3CCCC3C2)c(F)c1. The van der Waals surface area contributed by atoms with Gasteiger partial charge in [-0.15, -0.1) is 0 Å². The third-order valence-electron chi connectivity index (χ3n) is 4.00. The lowest BCUT2D eigenvalue weighted by Crippen LogP contribution is -2.50. The summed E-state index contributed by atoms with van der Waals surface area (Å²) in [5, 5.41) is 8.75. The number of fused-ring (bicyclic) bond motifs is 1. The topological polar surface area (TPSA) is 30.3 Å². The lowest BCUT2D eigenvalue weighted by atomic mass is 10.1. The van der Waals surface area contributed by atoms with Crippen LogP contribution in [0.15, 0.2) is 18.2 Å². The standard InChI is InChI=1S/C14H16FN3/c15-13-8-11(9-16)3-4-14(13)18-7-6-17-5-1-2-12(17)10-18/h3-4,8,12H,1-2,5-7,10H2. The average Bonchev–Trinajstić information content (AvgIpc) is 2.85. The fourth-order valence-corrected chi connectivity index (χ4v) is 3.04. The first-order chi connectivity index (χ1) is 8.78. The van der Waals surface area contributed by atoms with Gasteiger partial charge in [-0.25, -0.2) is 4.39 Å². The molecule has 0 aliphatic carbocycles. The van der Waals surface area contributed by atoms with Crippen molar-refractivity contribution >= 4 is 5.69 Å². The van der Waals surface area contributed by atoms with Gasteiger partial charge in [0.1, 0.15) is 5.82 Å². The van der Waals surface area contributed by atoms with Crippen molar-refractivity contribution in [3.63, 3.8) is 0 Å². The largest absolute Gasteiger partial charge is 0.366 e. The molecule has 0 radical (unpaired) electrons. The van der Waals surface area contributed by atoms with Gasteiger partial charge in [0, 0.05) is 25.7 Å². The molecule has 1 aromatic rings. The van der Waals surface area contributed by atoms with Crippen LogP contribution in [0.3, 0.4) is 0 Å². The van der Waals surface area contributed by atoms with Gasteiger partial charge in [-0.2, -0.15) is 5.26 Å². The highest BCUT2D eigenvalue weighted by molar-refractivity contribution is 5.51. The number of hydrogen-bond acceptors (Lipinski definition) is 3. The van der Waals surface area contributed by atoms with Crippen molar-refractivity contribution in [1.29, 1.82) is 5.26 Å². The second-order valence-corrected chi connectivity index (χ2v) is 5.06. The van der Waals surface area contributed by atoms with Crippen LogP contribution < -0.4 is 4.90 Å². The molecular weight excluding hydrogens is 229 g/mol. The molecule has 3 rings (SSSR count). The number of anilines is 1. The molecular formula is C14H16FN3. The van der Waals surface area contributed by atoms with Gasteiger partial charge in [0.15, 0.2) is 0 Å². The summed E-state index contributed by atoms with van der Waals surface area (Å²) in [7, 11) is 0. The van der Waals surface area contributed by atoms with Crippen molar-refractivity contribution in [2.75, 3.05) is 31.1 Å². The molecule has 1 atom stereocenters. The van der Waals surface area contributed by atoms with E-state index in [1.165, 1.54) is 25.5 Å². The smallest absolute Gasteiger partial charge is 0.147 e. The normalized spacial score (nSPS) is 23.8. The lowest BCUT2D eigenvalue weighted by molar-refractivity contribution is 0.230. The molecule has 0 bridgehead atoms. The van der Waals surface area contributed by atoms with Crippen LogP contribution in [0.4, 0.5) is 10.1 Å². The number of piperazine rings is 1. The molecule has 0 N–H and O–H groups in total. The van der Waals surface area contributed by atoms with E-state index in [9.17, 15) is 4.39 Å². The maximum Gasteiger partial charge on any atom is 0.147 e. The highest BCUT2D eigenvalue weighted by atomic mass is 19.1. The van der Waals surface area contributed by atoms with Crippen molar-refractivity contribution in [2.45, 2.75) is 18.9 Å². The Morgan fingerprint density at radius 2 is 2.17 bits per heavy atom. The lowest BCUT2D eigenvalue weighted by Gasteiger charge is -2.38. The van der Waals surface area contributed by atoms with Crippen LogP contribution in [0, 0.1) is 17.1 Å². The Hall–Kier alpha value is -1.60. The van der Waals surface area contributed by atoms with E-state index in [4.69, 9.17) is 5.26 Å². The summed E-state index contributed by atoms with van der Waals surface area (Å²) in [6.45, 7) is 3.99. The molecule has 2 aliphatic heterocycles. The van der Waals surface area contributed by atoms with Gasteiger partial charge in [0.25, 0.3) is 0 Å². The highest BCUT2D eigenvalue weighted by Gasteiger charge is 2.31. The van der Waals surface area contributed by atoms with Crippen LogP contribution in [0.1, 0.15) is 18.4 Å². The number of hydrogen-bond donors (Lipinski definition) is 0. The fourth-order valence-electron chi connectivity index (χ4n) is 3.04. The number of rotatable bonds is 1. The number of benzene rings is 1. The summed E-state index contributed by atoms with van der Waals surface area (Å²) in [6, 6.07) is 7.30. The molecule has 2 aliphatic rings. The van der Waals surface area contributed by atoms with Crippen molar-refractivity contribution in [3.05, 3.63) is 29.6 Å². The van der Waals surface area contributed by atoms with E-state index in [0.29, 0.717) is 17.3 Å². The molecule has 0 amide bonds. The van der Waals surface area contributed by atoms with Gasteiger partial charge in [-0.3, -0.25) is 4.90 Å². The van der Waals surface area contributed by atoms with Crippen LogP contribution >= 0.6 is 0 Å². The van der Waals surface area contributed by atoms with E-state index in [1.807, 2.05) is 6.07 Å². The molecule has 0 spiro atoms. The molecule has 1 unspecified atom stereocenters. The highest BCUT2D eigenvalue weighted by Crippen LogP contribution is 2.27. The van der Waals surface area contributed by atoms with Crippen molar-refractivity contribution < 1.29 is 4.39 Å². The van der Waals surface area contributed by atoms with E-state index >= 15 is 0 Å². The first-order valence-electron chi connectivity index (χ1n) is 6.46. The van der Waals surface area contributed by atoms with Crippen molar-refractivity contribution in [2.24, 2.45) is 0 Å². The Morgan fingerprint density at radius 1 is 1.28 bits per heavy atom. The van der Waals surface area contributed by atoms with Crippen molar-refractivity contribution in [3.8, 4) is 6.07 Å². The molecule has 3 nitrogen and oxygen atoms in total. The second kappa shape index (κ2) is 4.58. The average molecular weight is 245 g/mol. The van der Waals surface area contributed by atoms with E-state index in [2.05, 4.69) is 9.80 Å². The maximum absolute atomic E-state index is 14.0. The summed E-state index contributed by atoms with van der Waals surface area (Å²) >= 11 is 0. The minimum absolute atomic E-state index is 0.277. The quantitative estimate of drug-likeness (QED) is 0.758. The fraction of sp³-hybridized carbons (Fsp3) is 0.500. The Kier molecular flexibility index (Phi) is 2.92. The van der Waals surface area contributed by atoms with Gasteiger partial charge >= 0.3 is 0 Å². The predicted molar refractivity (Wildman–Crippen MR) is 67.9 cm³/mol. The van der Waals surface area contributed by atoms with Gasteiger partial charge in [0.2, 0.25) is 0 Å². The molecule has 4 heteroatoms. The first-order valence-corrected chi connectivity index (χ1v) is 6.46. The zero-order valence-electron chi connectivity index (χ0n) is 10.3. The molecule has 1 aromatic carbocycles. The Bertz CT molecular complexity index is 494. The van der Waals surface area contributed by atoms with Crippen LogP contribution in [-0.4, -0.2) is 37.1 Å². The molecule has 94 valence electrons. The monoisotopic (exact) mass is 245 g/mol. The molecule has 2 heterocycles. The predicted octanol–water partition coefficient (Wildman–Crippen LogP) is 1.98. The van der Waals surface area contributed by atoms with Crippen LogP contribution in [0.25, 0.3) is 0 Å². The van der Waals surface area contributed by atoms with Gasteiger partial charge in [0.05, 0.1) is 17.3 Å². The van der Waals surface area contributed by atoms with Gasteiger partial charge in [-0.05, 0) is 37.6 Å². The zero-order valence-corrected chi connectivity index (χ0v) is 10.3. The first kappa shape index (κ1) is 11.5. The molecule has 2 saturated heterocycles. The number of nitrogens with zero attached hydrogens (tertiary/aromatic N) is 3. The summed E-state index contributed by atoms with van der Waals surface area (Å²) in [4.78, 5) is 4.61. The molecule has 0 saturated carbocycles. The Labute approximate surface area is 106 Å². The van der Waals surface area contributed by atoms with E-state index in [-0.39, 0.29) is 5.82 Å². The molecule has 2 fully saturated rings. The van der Waals surface area contributed by atoms with E-state index in [0.717, 1.165) is 19.6 Å². The summed E-state index contributed by atoms with van der Waals surface area (Å²) in [5.74, 6) is -0.277. The van der Waals surface area contributed by atoms with Crippen molar-refractivity contribution in [1.82, 2.24) is 4.90 Å². The Morgan fingerprint density at radius 3 is 2.94 bits per heavy atom. The van der Waals surface area contributed by atoms with Crippen LogP contribution in [-0.2, 0) is 0 Å².